The van der Waals surface area contributed by atoms with Crippen LogP contribution in [-0.2, 0) is 4.74 Å². The highest BCUT2D eigenvalue weighted by molar-refractivity contribution is 6.07. The second-order valence-corrected chi connectivity index (χ2v) is 9.18. The summed E-state index contributed by atoms with van der Waals surface area (Å²) in [5.41, 5.74) is 7.56. The fourth-order valence-electron chi connectivity index (χ4n) is 5.25. The van der Waals surface area contributed by atoms with Crippen molar-refractivity contribution in [3.05, 3.63) is 113 Å². The molecule has 3 aromatic carbocycles. The molecule has 3 heterocycles. The number of para-hydroxylation sites is 1. The summed E-state index contributed by atoms with van der Waals surface area (Å²) in [6.45, 7) is 5.71. The van der Waals surface area contributed by atoms with Gasteiger partial charge >= 0.3 is 0 Å². The molecule has 4 nitrogen and oxygen atoms in total. The lowest BCUT2D eigenvalue weighted by atomic mass is 9.95. The molecule has 3 atom stereocenters. The minimum Gasteiger partial charge on any atom is -0.471 e. The monoisotopic (exact) mass is 449 g/mol. The third-order valence-corrected chi connectivity index (χ3v) is 6.73. The molecule has 1 N–H and O–H groups in total. The molecular weight excluding hydrogens is 422 g/mol. The van der Waals surface area contributed by atoms with E-state index < -0.39 is 6.10 Å². The van der Waals surface area contributed by atoms with E-state index in [1.807, 2.05) is 13.0 Å². The Kier molecular flexibility index (Phi) is 4.85. The van der Waals surface area contributed by atoms with Gasteiger partial charge in [-0.25, -0.2) is 0 Å². The van der Waals surface area contributed by atoms with Gasteiger partial charge in [-0.15, -0.1) is 0 Å². The summed E-state index contributed by atoms with van der Waals surface area (Å²) in [4.78, 5) is 2.23. The Morgan fingerprint density at radius 3 is 2.62 bits per heavy atom. The molecule has 0 saturated heterocycles. The number of aryl methyl sites for hydroxylation is 1. The van der Waals surface area contributed by atoms with Crippen molar-refractivity contribution in [1.29, 1.82) is 0 Å². The fraction of sp³-hybridized carbons (Fsp3) is 0.200. The van der Waals surface area contributed by atoms with Crippen LogP contribution in [0.2, 0.25) is 0 Å². The van der Waals surface area contributed by atoms with Crippen LogP contribution in [0.15, 0.2) is 95.3 Å². The zero-order valence-electron chi connectivity index (χ0n) is 19.5. The Labute approximate surface area is 199 Å². The van der Waals surface area contributed by atoms with Gasteiger partial charge in [0.05, 0.1) is 17.9 Å². The van der Waals surface area contributed by atoms with Crippen LogP contribution in [0, 0.1) is 6.92 Å². The van der Waals surface area contributed by atoms with E-state index >= 15 is 0 Å². The van der Waals surface area contributed by atoms with Gasteiger partial charge in [-0.2, -0.15) is 0 Å². The molecule has 1 aromatic heterocycles. The van der Waals surface area contributed by atoms with Crippen LogP contribution in [0.5, 0.6) is 0 Å². The molecule has 0 aliphatic carbocycles. The van der Waals surface area contributed by atoms with Gasteiger partial charge in [0.2, 0.25) is 0 Å². The normalized spacial score (nSPS) is 20.4. The first kappa shape index (κ1) is 20.8. The highest BCUT2D eigenvalue weighted by Crippen LogP contribution is 2.51. The van der Waals surface area contributed by atoms with Crippen molar-refractivity contribution < 1.29 is 14.3 Å². The Morgan fingerprint density at radius 2 is 1.82 bits per heavy atom. The second-order valence-electron chi connectivity index (χ2n) is 9.18. The van der Waals surface area contributed by atoms with E-state index in [0.717, 1.165) is 38.6 Å². The molecule has 0 saturated carbocycles. The Bertz CT molecular complexity index is 1490. The molecule has 34 heavy (non-hydrogen) atoms. The average Bonchev–Trinajstić information content (AvgIpc) is 3.36. The number of nitrogens with zero attached hydrogens (tertiary/aromatic N) is 1. The van der Waals surface area contributed by atoms with Crippen molar-refractivity contribution in [1.82, 2.24) is 4.90 Å². The smallest absolute Gasteiger partial charge is 0.199 e. The first-order valence-corrected chi connectivity index (χ1v) is 11.7. The number of rotatable bonds is 4. The van der Waals surface area contributed by atoms with Gasteiger partial charge in [0.1, 0.15) is 11.2 Å². The van der Waals surface area contributed by atoms with Gasteiger partial charge < -0.3 is 19.2 Å². The van der Waals surface area contributed by atoms with Crippen molar-refractivity contribution in [2.45, 2.75) is 39.1 Å². The number of benzene rings is 3. The summed E-state index contributed by atoms with van der Waals surface area (Å²) in [5.74, 6) is 0.693. The molecule has 4 aromatic rings. The summed E-state index contributed by atoms with van der Waals surface area (Å²) >= 11 is 0. The summed E-state index contributed by atoms with van der Waals surface area (Å²) in [6, 6.07) is 21.0. The van der Waals surface area contributed by atoms with E-state index in [1.54, 1.807) is 13.0 Å². The van der Waals surface area contributed by atoms with Gasteiger partial charge in [-0.05, 0) is 61.8 Å². The number of aliphatic hydroxyl groups excluding tert-OH is 1. The van der Waals surface area contributed by atoms with Crippen molar-refractivity contribution in [2.24, 2.45) is 0 Å². The first-order valence-electron chi connectivity index (χ1n) is 11.7. The lowest BCUT2D eigenvalue weighted by molar-refractivity contribution is 0.00454. The number of allylic oxidation sites excluding steroid dienone is 3. The van der Waals surface area contributed by atoms with Crippen molar-refractivity contribution in [2.75, 3.05) is 0 Å². The van der Waals surface area contributed by atoms with E-state index in [-0.39, 0.29) is 12.3 Å². The summed E-state index contributed by atoms with van der Waals surface area (Å²) < 4.78 is 13.0. The molecular formula is C30H27NO3. The molecule has 170 valence electrons. The van der Waals surface area contributed by atoms with E-state index in [2.05, 4.69) is 84.8 Å². The largest absolute Gasteiger partial charge is 0.471 e. The number of hydrogen-bond donors (Lipinski definition) is 1. The van der Waals surface area contributed by atoms with Crippen molar-refractivity contribution >= 4 is 27.5 Å². The molecule has 2 unspecified atom stereocenters. The van der Waals surface area contributed by atoms with E-state index in [4.69, 9.17) is 9.15 Å². The van der Waals surface area contributed by atoms with Crippen molar-refractivity contribution in [3.8, 4) is 0 Å². The third kappa shape index (κ3) is 3.25. The Balaban J connectivity index is 1.56. The topological polar surface area (TPSA) is 45.8 Å². The molecule has 0 fully saturated rings. The Hall–Kier alpha value is -3.76. The van der Waals surface area contributed by atoms with Crippen LogP contribution in [0.25, 0.3) is 27.5 Å². The quantitative estimate of drug-likeness (QED) is 0.336. The number of hydrogen-bond acceptors (Lipinski definition) is 4. The molecule has 0 amide bonds. The van der Waals surface area contributed by atoms with Crippen LogP contribution in [0.1, 0.15) is 48.4 Å². The number of fused-ring (bicyclic) bond motifs is 7. The molecule has 2 aliphatic heterocycles. The summed E-state index contributed by atoms with van der Waals surface area (Å²) in [6.07, 6.45) is 7.41. The molecule has 0 radical (unpaired) electrons. The van der Waals surface area contributed by atoms with E-state index in [0.29, 0.717) is 5.76 Å². The average molecular weight is 450 g/mol. The van der Waals surface area contributed by atoms with Gasteiger partial charge in [-0.1, -0.05) is 54.6 Å². The van der Waals surface area contributed by atoms with Crippen LogP contribution in [0.3, 0.4) is 0 Å². The maximum atomic E-state index is 9.82. The molecule has 2 aliphatic rings. The highest BCUT2D eigenvalue weighted by atomic mass is 16.5. The summed E-state index contributed by atoms with van der Waals surface area (Å²) in [7, 11) is 0. The lowest BCUT2D eigenvalue weighted by Gasteiger charge is -2.31. The number of aliphatic hydroxyl groups is 1. The molecule has 4 heteroatoms. The second kappa shape index (κ2) is 7.93. The van der Waals surface area contributed by atoms with Gasteiger partial charge in [0.25, 0.3) is 0 Å². The number of ether oxygens (including phenoxy) is 1. The van der Waals surface area contributed by atoms with Crippen LogP contribution in [0.4, 0.5) is 0 Å². The van der Waals surface area contributed by atoms with Gasteiger partial charge in [0, 0.05) is 28.1 Å². The van der Waals surface area contributed by atoms with Gasteiger partial charge in [-0.3, -0.25) is 0 Å². The number of furan rings is 1. The van der Waals surface area contributed by atoms with Gasteiger partial charge in [0.15, 0.2) is 6.23 Å². The standard InChI is InChI=1S/C30H27NO3/c1-18-8-7-11-23-24-12-13-25-27(29(24)34-28(18)23)26-17-22(21-9-5-4-6-10-21)14-15-31(26)30(25)33-20(3)16-19(2)32/h4-17,19,26,30,32H,1-3H3/b20-16-/t19?,26?,30-/m1/s1. The maximum absolute atomic E-state index is 9.82. The molecule has 0 bridgehead atoms. The zero-order chi connectivity index (χ0) is 23.4. The van der Waals surface area contributed by atoms with Crippen LogP contribution in [-0.4, -0.2) is 16.1 Å². The zero-order valence-corrected chi connectivity index (χ0v) is 19.5. The maximum Gasteiger partial charge on any atom is 0.199 e. The minimum atomic E-state index is -0.570. The minimum absolute atomic E-state index is 0.0240. The third-order valence-electron chi connectivity index (χ3n) is 6.73. The fourth-order valence-corrected chi connectivity index (χ4v) is 5.25. The Morgan fingerprint density at radius 1 is 1.03 bits per heavy atom. The lowest BCUT2D eigenvalue weighted by Crippen LogP contribution is -2.23. The summed E-state index contributed by atoms with van der Waals surface area (Å²) in [5, 5.41) is 12.1. The highest BCUT2D eigenvalue weighted by Gasteiger charge is 2.41. The molecule has 6 rings (SSSR count). The van der Waals surface area contributed by atoms with Crippen molar-refractivity contribution in [3.63, 3.8) is 0 Å². The molecule has 0 spiro atoms. The van der Waals surface area contributed by atoms with Crippen LogP contribution >= 0.6 is 0 Å². The predicted octanol–water partition coefficient (Wildman–Crippen LogP) is 7.16. The van der Waals surface area contributed by atoms with E-state index in [1.165, 1.54) is 11.1 Å². The first-order chi connectivity index (χ1) is 16.5. The van der Waals surface area contributed by atoms with E-state index in [9.17, 15) is 5.11 Å². The SMILES string of the molecule is C/C(=C/C(C)O)O[C@@H]1c2ccc3c(oc4c(C)cccc43)c2C2C=C(c3ccccc3)C=CN21. The predicted molar refractivity (Wildman–Crippen MR) is 136 cm³/mol. The van der Waals surface area contributed by atoms with Crippen LogP contribution < -0.4 is 0 Å².